The number of amides is 1. The van der Waals surface area contributed by atoms with Crippen molar-refractivity contribution >= 4 is 40.0 Å². The number of anilines is 1. The summed E-state index contributed by atoms with van der Waals surface area (Å²) >= 11 is 2.86. The molecule has 1 aliphatic heterocycles. The SMILES string of the molecule is CCOC(=O)c1c(NC(=O)CSc2nnc(CN3CCOCC3)n2C)sc2c1CC[C@H](C(C)(C)C)C2. The van der Waals surface area contributed by atoms with E-state index in [2.05, 4.69) is 41.2 Å². The third-order valence-corrected chi connectivity index (χ3v) is 9.14. The molecule has 0 bridgehead atoms. The summed E-state index contributed by atoms with van der Waals surface area (Å²) in [6.45, 7) is 12.8. The van der Waals surface area contributed by atoms with Gasteiger partial charge in [-0.2, -0.15) is 0 Å². The number of nitrogens with one attached hydrogen (secondary N) is 1. The highest BCUT2D eigenvalue weighted by atomic mass is 32.2. The van der Waals surface area contributed by atoms with Crippen LogP contribution in [0.1, 0.15) is 60.7 Å². The highest BCUT2D eigenvalue weighted by molar-refractivity contribution is 7.99. The van der Waals surface area contributed by atoms with Crippen molar-refractivity contribution < 1.29 is 19.1 Å². The second-order valence-corrected chi connectivity index (χ2v) is 12.5. The zero-order valence-electron chi connectivity index (χ0n) is 21.9. The molecule has 2 aromatic heterocycles. The maximum Gasteiger partial charge on any atom is 0.341 e. The van der Waals surface area contributed by atoms with E-state index in [-0.39, 0.29) is 23.0 Å². The molecule has 1 N–H and O–H groups in total. The Balaban J connectivity index is 1.42. The molecule has 4 rings (SSSR count). The zero-order chi connectivity index (χ0) is 25.9. The Bertz CT molecular complexity index is 1090. The number of thiophene rings is 1. The molecule has 0 spiro atoms. The van der Waals surface area contributed by atoms with E-state index in [4.69, 9.17) is 9.47 Å². The van der Waals surface area contributed by atoms with Crippen LogP contribution in [0.25, 0.3) is 0 Å². The Morgan fingerprint density at radius 1 is 1.25 bits per heavy atom. The van der Waals surface area contributed by atoms with Crippen LogP contribution in [-0.4, -0.2) is 70.2 Å². The van der Waals surface area contributed by atoms with Crippen molar-refractivity contribution in [1.29, 1.82) is 0 Å². The molecule has 1 saturated heterocycles. The molecule has 0 unspecified atom stereocenters. The fourth-order valence-electron chi connectivity index (χ4n) is 4.69. The lowest BCUT2D eigenvalue weighted by Gasteiger charge is -2.33. The molecular formula is C25H37N5O4S2. The molecule has 0 saturated carbocycles. The van der Waals surface area contributed by atoms with E-state index in [9.17, 15) is 9.59 Å². The molecule has 11 heteroatoms. The van der Waals surface area contributed by atoms with Gasteiger partial charge in [-0.1, -0.05) is 32.5 Å². The topological polar surface area (TPSA) is 98.6 Å². The lowest BCUT2D eigenvalue weighted by atomic mass is 9.72. The number of morpholine rings is 1. The monoisotopic (exact) mass is 535 g/mol. The highest BCUT2D eigenvalue weighted by Crippen LogP contribution is 2.44. The van der Waals surface area contributed by atoms with Gasteiger partial charge in [0.1, 0.15) is 10.8 Å². The molecule has 36 heavy (non-hydrogen) atoms. The molecule has 0 aromatic carbocycles. The molecule has 9 nitrogen and oxygen atoms in total. The van der Waals surface area contributed by atoms with Gasteiger partial charge in [-0.25, -0.2) is 4.79 Å². The quantitative estimate of drug-likeness (QED) is 0.403. The van der Waals surface area contributed by atoms with Crippen LogP contribution in [0, 0.1) is 11.3 Å². The second-order valence-electron chi connectivity index (χ2n) is 10.4. The average molecular weight is 536 g/mol. The minimum Gasteiger partial charge on any atom is -0.462 e. The van der Waals surface area contributed by atoms with Crippen molar-refractivity contribution in [1.82, 2.24) is 19.7 Å². The number of fused-ring (bicyclic) bond motifs is 1. The van der Waals surface area contributed by atoms with E-state index in [1.165, 1.54) is 28.0 Å². The smallest absolute Gasteiger partial charge is 0.341 e. The Labute approximate surface area is 221 Å². The Kier molecular flexibility index (Phi) is 8.75. The molecule has 2 aliphatic rings. The molecule has 1 aliphatic carbocycles. The number of ether oxygens (including phenoxy) is 2. The number of hydrogen-bond donors (Lipinski definition) is 1. The number of rotatable bonds is 8. The first-order valence-corrected chi connectivity index (χ1v) is 14.4. The third-order valence-electron chi connectivity index (χ3n) is 6.95. The summed E-state index contributed by atoms with van der Waals surface area (Å²) in [6.07, 6.45) is 2.78. The molecule has 2 aromatic rings. The lowest BCUT2D eigenvalue weighted by molar-refractivity contribution is -0.113. The van der Waals surface area contributed by atoms with Crippen LogP contribution in [0.3, 0.4) is 0 Å². The van der Waals surface area contributed by atoms with Crippen LogP contribution < -0.4 is 5.32 Å². The number of thioether (sulfide) groups is 1. The second kappa shape index (κ2) is 11.6. The molecule has 1 atom stereocenters. The van der Waals surface area contributed by atoms with Crippen molar-refractivity contribution in [2.24, 2.45) is 18.4 Å². The first-order valence-electron chi connectivity index (χ1n) is 12.6. The van der Waals surface area contributed by atoms with Gasteiger partial charge in [0, 0.05) is 25.0 Å². The van der Waals surface area contributed by atoms with Crippen molar-refractivity contribution in [2.45, 2.75) is 58.7 Å². The fraction of sp³-hybridized carbons (Fsp3) is 0.680. The number of carbonyl (C=O) groups excluding carboxylic acids is 2. The minimum absolute atomic E-state index is 0.172. The first-order chi connectivity index (χ1) is 17.2. The van der Waals surface area contributed by atoms with Crippen LogP contribution in [0.4, 0.5) is 5.00 Å². The highest BCUT2D eigenvalue weighted by Gasteiger charge is 2.34. The fourth-order valence-corrected chi connectivity index (χ4v) is 6.75. The number of nitrogens with zero attached hydrogens (tertiary/aromatic N) is 4. The predicted molar refractivity (Wildman–Crippen MR) is 142 cm³/mol. The van der Waals surface area contributed by atoms with Crippen LogP contribution in [0.15, 0.2) is 5.16 Å². The molecule has 0 radical (unpaired) electrons. The largest absolute Gasteiger partial charge is 0.462 e. The van der Waals surface area contributed by atoms with Crippen LogP contribution >= 0.6 is 23.1 Å². The normalized spacial score (nSPS) is 18.6. The van der Waals surface area contributed by atoms with E-state index in [1.54, 1.807) is 6.92 Å². The average Bonchev–Trinajstić information content (AvgIpc) is 3.37. The van der Waals surface area contributed by atoms with Crippen LogP contribution in [0.2, 0.25) is 0 Å². The van der Waals surface area contributed by atoms with Crippen LogP contribution in [0.5, 0.6) is 0 Å². The summed E-state index contributed by atoms with van der Waals surface area (Å²) < 4.78 is 12.7. The van der Waals surface area contributed by atoms with E-state index in [1.807, 2.05) is 11.6 Å². The third kappa shape index (κ3) is 6.30. The Hall–Kier alpha value is -1.95. The number of aromatic nitrogens is 3. The van der Waals surface area contributed by atoms with E-state index in [0.717, 1.165) is 57.0 Å². The van der Waals surface area contributed by atoms with Gasteiger partial charge in [-0.05, 0) is 43.1 Å². The summed E-state index contributed by atoms with van der Waals surface area (Å²) in [6, 6.07) is 0. The van der Waals surface area contributed by atoms with Gasteiger partial charge in [0.25, 0.3) is 0 Å². The lowest BCUT2D eigenvalue weighted by Crippen LogP contribution is -2.36. The summed E-state index contributed by atoms with van der Waals surface area (Å²) in [4.78, 5) is 29.3. The summed E-state index contributed by atoms with van der Waals surface area (Å²) in [5.41, 5.74) is 1.78. The zero-order valence-corrected chi connectivity index (χ0v) is 23.5. The van der Waals surface area contributed by atoms with Gasteiger partial charge in [0.2, 0.25) is 5.91 Å². The van der Waals surface area contributed by atoms with Crippen LogP contribution in [-0.2, 0) is 40.7 Å². The number of carbonyl (C=O) groups is 2. The number of hydrogen-bond acceptors (Lipinski definition) is 9. The molecule has 1 fully saturated rings. The van der Waals surface area contributed by atoms with Crippen molar-refractivity contribution in [3.63, 3.8) is 0 Å². The van der Waals surface area contributed by atoms with E-state index in [0.29, 0.717) is 34.8 Å². The standard InChI is InChI=1S/C25H37N5O4S2/c1-6-34-23(32)21-17-8-7-16(25(2,3)4)13-18(17)36-22(21)26-20(31)15-35-24-28-27-19(29(24)5)14-30-9-11-33-12-10-30/h16H,6-15H2,1-5H3,(H,26,31)/t16-/m0/s1. The number of esters is 1. The first kappa shape index (κ1) is 27.1. The molecular weight excluding hydrogens is 498 g/mol. The van der Waals surface area contributed by atoms with E-state index >= 15 is 0 Å². The van der Waals surface area contributed by atoms with Crippen molar-refractivity contribution in [3.8, 4) is 0 Å². The van der Waals surface area contributed by atoms with Gasteiger partial charge < -0.3 is 19.4 Å². The minimum atomic E-state index is -0.354. The van der Waals surface area contributed by atoms with Gasteiger partial charge in [0.15, 0.2) is 5.16 Å². The van der Waals surface area contributed by atoms with Crippen molar-refractivity contribution in [3.05, 3.63) is 21.8 Å². The maximum atomic E-state index is 12.9. The molecule has 198 valence electrons. The Morgan fingerprint density at radius 3 is 2.69 bits per heavy atom. The maximum absolute atomic E-state index is 12.9. The van der Waals surface area contributed by atoms with Gasteiger partial charge in [-0.15, -0.1) is 21.5 Å². The summed E-state index contributed by atoms with van der Waals surface area (Å²) in [5.74, 6) is 1.06. The van der Waals surface area contributed by atoms with Crippen molar-refractivity contribution in [2.75, 3.05) is 44.0 Å². The predicted octanol–water partition coefficient (Wildman–Crippen LogP) is 3.77. The molecule has 3 heterocycles. The van der Waals surface area contributed by atoms with Gasteiger partial charge in [-0.3, -0.25) is 9.69 Å². The summed E-state index contributed by atoms with van der Waals surface area (Å²) in [5, 5.41) is 12.9. The van der Waals surface area contributed by atoms with Gasteiger partial charge >= 0.3 is 5.97 Å². The summed E-state index contributed by atoms with van der Waals surface area (Å²) in [7, 11) is 1.92. The van der Waals surface area contributed by atoms with E-state index < -0.39 is 0 Å². The molecule has 1 amide bonds. The van der Waals surface area contributed by atoms with Gasteiger partial charge in [0.05, 0.1) is 37.7 Å². The Morgan fingerprint density at radius 2 is 2.00 bits per heavy atom.